The molecule has 0 saturated heterocycles. The number of nitrogen functional groups attached to an aromatic ring is 1. The maximum atomic E-state index is 11.4. The molecule has 0 unspecified atom stereocenters. The van der Waals surface area contributed by atoms with E-state index in [1.54, 1.807) is 12.1 Å². The van der Waals surface area contributed by atoms with E-state index in [0.717, 1.165) is 0 Å². The molecule has 0 bridgehead atoms. The van der Waals surface area contributed by atoms with E-state index in [1.165, 1.54) is 6.20 Å². The first-order chi connectivity index (χ1) is 6.75. The summed E-state index contributed by atoms with van der Waals surface area (Å²) >= 11 is 0. The molecular weight excluding hydrogens is 182 g/mol. The van der Waals surface area contributed by atoms with Gasteiger partial charge in [0.15, 0.2) is 5.69 Å². The molecule has 0 atom stereocenters. The standard InChI is InChI=1S/C9H13N3O2/c10-7-3-1-4-11-8(7)9(14)12-5-2-6-13/h1,3-4,13H,2,5-6,10H2,(H,12,14). The summed E-state index contributed by atoms with van der Waals surface area (Å²) in [6, 6.07) is 3.29. The molecule has 4 N–H and O–H groups in total. The molecule has 1 amide bonds. The van der Waals surface area contributed by atoms with Gasteiger partial charge in [0.1, 0.15) is 0 Å². The zero-order valence-corrected chi connectivity index (χ0v) is 7.73. The van der Waals surface area contributed by atoms with Crippen LogP contribution < -0.4 is 11.1 Å². The van der Waals surface area contributed by atoms with Crippen molar-refractivity contribution in [3.8, 4) is 0 Å². The van der Waals surface area contributed by atoms with E-state index < -0.39 is 0 Å². The molecule has 0 fully saturated rings. The van der Waals surface area contributed by atoms with Gasteiger partial charge in [0.05, 0.1) is 5.69 Å². The lowest BCUT2D eigenvalue weighted by atomic mass is 10.3. The summed E-state index contributed by atoms with van der Waals surface area (Å²) in [5.41, 5.74) is 6.14. The molecule has 1 aromatic heterocycles. The van der Waals surface area contributed by atoms with Crippen LogP contribution in [0.3, 0.4) is 0 Å². The molecule has 76 valence electrons. The maximum Gasteiger partial charge on any atom is 0.272 e. The van der Waals surface area contributed by atoms with Gasteiger partial charge in [-0.05, 0) is 18.6 Å². The number of aromatic nitrogens is 1. The van der Waals surface area contributed by atoms with Crippen molar-refractivity contribution in [3.63, 3.8) is 0 Å². The largest absolute Gasteiger partial charge is 0.397 e. The number of aliphatic hydroxyl groups excluding tert-OH is 1. The fraction of sp³-hybridized carbons (Fsp3) is 0.333. The number of nitrogens with two attached hydrogens (primary N) is 1. The molecule has 0 aromatic carbocycles. The van der Waals surface area contributed by atoms with Gasteiger partial charge in [0, 0.05) is 19.3 Å². The Bertz CT molecular complexity index is 315. The van der Waals surface area contributed by atoms with Gasteiger partial charge >= 0.3 is 0 Å². The number of hydrogen-bond acceptors (Lipinski definition) is 4. The zero-order chi connectivity index (χ0) is 10.4. The number of hydrogen-bond donors (Lipinski definition) is 3. The lowest BCUT2D eigenvalue weighted by Gasteiger charge is -2.04. The zero-order valence-electron chi connectivity index (χ0n) is 7.73. The van der Waals surface area contributed by atoms with Crippen LogP contribution in [-0.2, 0) is 0 Å². The first kappa shape index (κ1) is 10.5. The molecule has 0 aliphatic carbocycles. The van der Waals surface area contributed by atoms with Crippen LogP contribution >= 0.6 is 0 Å². The minimum Gasteiger partial charge on any atom is -0.397 e. The number of nitrogens with zero attached hydrogens (tertiary/aromatic N) is 1. The minimum absolute atomic E-state index is 0.0536. The average molecular weight is 195 g/mol. The van der Waals surface area contributed by atoms with E-state index in [0.29, 0.717) is 18.7 Å². The number of amides is 1. The normalized spacial score (nSPS) is 9.79. The van der Waals surface area contributed by atoms with Crippen LogP contribution in [0.2, 0.25) is 0 Å². The molecule has 0 radical (unpaired) electrons. The van der Waals surface area contributed by atoms with E-state index in [4.69, 9.17) is 10.8 Å². The van der Waals surface area contributed by atoms with Gasteiger partial charge in [-0.25, -0.2) is 4.98 Å². The second-order valence-electron chi connectivity index (χ2n) is 2.77. The van der Waals surface area contributed by atoms with Gasteiger partial charge in [-0.15, -0.1) is 0 Å². The molecule has 5 heteroatoms. The average Bonchev–Trinajstić information content (AvgIpc) is 2.18. The molecule has 1 heterocycles. The van der Waals surface area contributed by atoms with Gasteiger partial charge in [0.25, 0.3) is 5.91 Å². The molecule has 1 rings (SSSR count). The molecule has 5 nitrogen and oxygen atoms in total. The summed E-state index contributed by atoms with van der Waals surface area (Å²) < 4.78 is 0. The Morgan fingerprint density at radius 1 is 1.64 bits per heavy atom. The van der Waals surface area contributed by atoms with Crippen LogP contribution in [0, 0.1) is 0 Å². The Morgan fingerprint density at radius 3 is 3.07 bits per heavy atom. The van der Waals surface area contributed by atoms with Gasteiger partial charge in [-0.2, -0.15) is 0 Å². The number of anilines is 1. The van der Waals surface area contributed by atoms with Crippen LogP contribution in [0.4, 0.5) is 5.69 Å². The first-order valence-electron chi connectivity index (χ1n) is 4.35. The van der Waals surface area contributed by atoms with E-state index in [9.17, 15) is 4.79 Å². The van der Waals surface area contributed by atoms with E-state index in [-0.39, 0.29) is 18.2 Å². The van der Waals surface area contributed by atoms with Gasteiger partial charge in [-0.3, -0.25) is 4.79 Å². The number of aliphatic hydroxyl groups is 1. The minimum atomic E-state index is -0.309. The lowest BCUT2D eigenvalue weighted by molar-refractivity contribution is 0.0947. The van der Waals surface area contributed by atoms with Crippen LogP contribution in [-0.4, -0.2) is 29.1 Å². The number of carbonyl (C=O) groups excluding carboxylic acids is 1. The molecule has 1 aromatic rings. The molecule has 0 spiro atoms. The number of pyridine rings is 1. The molecule has 0 aliphatic rings. The first-order valence-corrected chi connectivity index (χ1v) is 4.35. The van der Waals surface area contributed by atoms with Gasteiger partial charge in [0.2, 0.25) is 0 Å². The number of carbonyl (C=O) groups is 1. The highest BCUT2D eigenvalue weighted by Gasteiger charge is 2.08. The summed E-state index contributed by atoms with van der Waals surface area (Å²) in [4.78, 5) is 15.3. The Hall–Kier alpha value is -1.62. The van der Waals surface area contributed by atoms with E-state index >= 15 is 0 Å². The second kappa shape index (κ2) is 5.18. The number of nitrogens with one attached hydrogen (secondary N) is 1. The number of rotatable bonds is 4. The van der Waals surface area contributed by atoms with Crippen molar-refractivity contribution < 1.29 is 9.90 Å². The maximum absolute atomic E-state index is 11.4. The molecule has 0 aliphatic heterocycles. The Kier molecular flexibility index (Phi) is 3.87. The highest BCUT2D eigenvalue weighted by Crippen LogP contribution is 2.05. The van der Waals surface area contributed by atoms with Gasteiger partial charge < -0.3 is 16.2 Å². The molecule has 0 saturated carbocycles. The third kappa shape index (κ3) is 2.70. The quantitative estimate of drug-likeness (QED) is 0.579. The highest BCUT2D eigenvalue weighted by atomic mass is 16.3. The highest BCUT2D eigenvalue weighted by molar-refractivity contribution is 5.96. The van der Waals surface area contributed by atoms with Crippen molar-refractivity contribution >= 4 is 11.6 Å². The van der Waals surface area contributed by atoms with E-state index in [1.807, 2.05) is 0 Å². The van der Waals surface area contributed by atoms with Crippen LogP contribution in [0.5, 0.6) is 0 Å². The third-order valence-electron chi connectivity index (χ3n) is 1.67. The Morgan fingerprint density at radius 2 is 2.43 bits per heavy atom. The fourth-order valence-electron chi connectivity index (χ4n) is 0.972. The van der Waals surface area contributed by atoms with Gasteiger partial charge in [-0.1, -0.05) is 0 Å². The smallest absolute Gasteiger partial charge is 0.272 e. The van der Waals surface area contributed by atoms with Crippen molar-refractivity contribution in [1.29, 1.82) is 0 Å². The van der Waals surface area contributed by atoms with E-state index in [2.05, 4.69) is 10.3 Å². The van der Waals surface area contributed by atoms with Crippen molar-refractivity contribution in [2.24, 2.45) is 0 Å². The molecular formula is C9H13N3O2. The SMILES string of the molecule is Nc1cccnc1C(=O)NCCCO. The summed E-state index contributed by atoms with van der Waals surface area (Å²) in [5.74, 6) is -0.309. The second-order valence-corrected chi connectivity index (χ2v) is 2.77. The fourth-order valence-corrected chi connectivity index (χ4v) is 0.972. The summed E-state index contributed by atoms with van der Waals surface area (Å²) in [6.45, 7) is 0.476. The summed E-state index contributed by atoms with van der Waals surface area (Å²) in [5, 5.41) is 11.1. The van der Waals surface area contributed by atoms with Crippen LogP contribution in [0.25, 0.3) is 0 Å². The predicted octanol–water partition coefficient (Wildman–Crippen LogP) is -0.224. The van der Waals surface area contributed by atoms with Crippen molar-refractivity contribution in [2.45, 2.75) is 6.42 Å². The Labute approximate surface area is 82.0 Å². The lowest BCUT2D eigenvalue weighted by Crippen LogP contribution is -2.26. The predicted molar refractivity (Wildman–Crippen MR) is 52.7 cm³/mol. The van der Waals surface area contributed by atoms with Crippen molar-refractivity contribution in [3.05, 3.63) is 24.0 Å². The van der Waals surface area contributed by atoms with Crippen LogP contribution in [0.15, 0.2) is 18.3 Å². The topological polar surface area (TPSA) is 88.2 Å². The molecule has 14 heavy (non-hydrogen) atoms. The summed E-state index contributed by atoms with van der Waals surface area (Å²) in [7, 11) is 0. The summed E-state index contributed by atoms with van der Waals surface area (Å²) in [6.07, 6.45) is 2.04. The van der Waals surface area contributed by atoms with Crippen molar-refractivity contribution in [1.82, 2.24) is 10.3 Å². The third-order valence-corrected chi connectivity index (χ3v) is 1.67. The monoisotopic (exact) mass is 195 g/mol. The Balaban J connectivity index is 2.56. The van der Waals surface area contributed by atoms with Crippen LogP contribution in [0.1, 0.15) is 16.9 Å². The van der Waals surface area contributed by atoms with Crippen molar-refractivity contribution in [2.75, 3.05) is 18.9 Å².